The smallest absolute Gasteiger partial charge is 0.255 e. The zero-order valence-electron chi connectivity index (χ0n) is 28.2. The largest absolute Gasteiger partial charge is 0.381 e. The van der Waals surface area contributed by atoms with Crippen molar-refractivity contribution >= 4 is 17.5 Å². The van der Waals surface area contributed by atoms with E-state index in [0.29, 0.717) is 18.5 Å². The molecule has 5 aliphatic carbocycles. The van der Waals surface area contributed by atoms with Gasteiger partial charge in [0.1, 0.15) is 11.7 Å². The second kappa shape index (κ2) is 9.67. The summed E-state index contributed by atoms with van der Waals surface area (Å²) < 4.78 is 0. The van der Waals surface area contributed by atoms with Crippen molar-refractivity contribution in [2.24, 2.45) is 44.3 Å². The van der Waals surface area contributed by atoms with Crippen LogP contribution in [0.5, 0.6) is 0 Å². The van der Waals surface area contributed by atoms with Crippen molar-refractivity contribution in [3.8, 4) is 6.07 Å². The van der Waals surface area contributed by atoms with Crippen molar-refractivity contribution < 1.29 is 19.5 Å². The van der Waals surface area contributed by atoms with Gasteiger partial charge in [-0.3, -0.25) is 14.4 Å². The van der Waals surface area contributed by atoms with E-state index in [9.17, 15) is 24.8 Å². The molecule has 8 nitrogen and oxygen atoms in total. The van der Waals surface area contributed by atoms with Gasteiger partial charge in [0.15, 0.2) is 11.6 Å². The van der Waals surface area contributed by atoms with E-state index in [1.807, 2.05) is 27.0 Å². The Morgan fingerprint density at radius 2 is 1.71 bits per heavy atom. The first-order valence-corrected chi connectivity index (χ1v) is 16.5. The van der Waals surface area contributed by atoms with Crippen molar-refractivity contribution in [2.45, 2.75) is 99.0 Å². The van der Waals surface area contributed by atoms with Gasteiger partial charge in [0.05, 0.1) is 23.5 Å². The number of nitrogens with zero attached hydrogens (tertiary/aromatic N) is 4. The third kappa shape index (κ3) is 4.01. The molecule has 0 aliphatic heterocycles. The van der Waals surface area contributed by atoms with E-state index in [1.54, 1.807) is 17.0 Å². The molecule has 5 aliphatic rings. The number of aromatic nitrogens is 2. The number of amides is 1. The first-order chi connectivity index (χ1) is 20.8. The van der Waals surface area contributed by atoms with Gasteiger partial charge >= 0.3 is 0 Å². The molecule has 3 saturated carbocycles. The molecule has 0 radical (unpaired) electrons. The van der Waals surface area contributed by atoms with Crippen LogP contribution in [0.4, 0.5) is 0 Å². The predicted molar refractivity (Wildman–Crippen MR) is 169 cm³/mol. The van der Waals surface area contributed by atoms with Crippen LogP contribution in [-0.2, 0) is 9.59 Å². The van der Waals surface area contributed by atoms with Crippen molar-refractivity contribution in [2.75, 3.05) is 13.6 Å². The summed E-state index contributed by atoms with van der Waals surface area (Å²) in [5, 5.41) is 30.8. The number of hydrogen-bond donors (Lipinski definition) is 1. The maximum atomic E-state index is 14.7. The first kappa shape index (κ1) is 31.8. The second-order valence-electron chi connectivity index (χ2n) is 17.0. The van der Waals surface area contributed by atoms with Crippen LogP contribution in [-0.4, -0.2) is 56.9 Å². The fraction of sp³-hybridized carbons (Fsp3) is 0.676. The van der Waals surface area contributed by atoms with Crippen molar-refractivity contribution in [1.82, 2.24) is 15.1 Å². The number of hydrogen-bond acceptors (Lipinski definition) is 7. The topological polar surface area (TPSA) is 124 Å². The number of carbonyl (C=O) groups excluding carboxylic acids is 3. The molecule has 3 fully saturated rings. The molecular weight excluding hydrogens is 564 g/mol. The van der Waals surface area contributed by atoms with Gasteiger partial charge in [-0.05, 0) is 84.8 Å². The Kier molecular flexibility index (Phi) is 6.83. The normalized spacial score (nSPS) is 43.4. The highest BCUT2D eigenvalue weighted by Gasteiger charge is 2.75. The summed E-state index contributed by atoms with van der Waals surface area (Å²) in [5.41, 5.74) is -3.10. The number of ketones is 2. The summed E-state index contributed by atoms with van der Waals surface area (Å²) in [6.45, 7) is 15.3. The minimum absolute atomic E-state index is 0.0491. The molecule has 1 amide bonds. The Hall–Kier alpha value is -3.18. The van der Waals surface area contributed by atoms with Crippen LogP contribution in [0.2, 0.25) is 0 Å². The SMILES string of the molecule is CN(C[C@@]1(C)CC[C@]2(C)CC[C@@]3(C)[C@]4(C)CC[C@H]5C(C)(C)C(=O)C(C#N)=C[C@]5(C)C4=CC(=O)[C@]3(O)[C@@H]2C1)C(=O)c1ccnnc1. The van der Waals surface area contributed by atoms with Crippen LogP contribution in [0.1, 0.15) is 104 Å². The molecule has 8 heteroatoms. The molecule has 45 heavy (non-hydrogen) atoms. The van der Waals surface area contributed by atoms with Gasteiger partial charge in [0, 0.05) is 35.8 Å². The van der Waals surface area contributed by atoms with Crippen LogP contribution >= 0.6 is 0 Å². The van der Waals surface area contributed by atoms with Gasteiger partial charge in [-0.15, -0.1) is 0 Å². The fourth-order valence-corrected chi connectivity index (χ4v) is 11.3. The third-order valence-electron chi connectivity index (χ3n) is 14.1. The molecule has 0 unspecified atom stereocenters. The monoisotopic (exact) mass is 612 g/mol. The average molecular weight is 613 g/mol. The van der Waals surface area contributed by atoms with Gasteiger partial charge in [-0.2, -0.15) is 15.5 Å². The highest BCUT2D eigenvalue weighted by atomic mass is 16.3. The van der Waals surface area contributed by atoms with Crippen molar-refractivity contribution in [1.29, 1.82) is 5.26 Å². The van der Waals surface area contributed by atoms with Crippen LogP contribution in [0.3, 0.4) is 0 Å². The van der Waals surface area contributed by atoms with Gasteiger partial charge < -0.3 is 10.0 Å². The third-order valence-corrected chi connectivity index (χ3v) is 14.1. The molecule has 0 aromatic carbocycles. The maximum absolute atomic E-state index is 14.7. The van der Waals surface area contributed by atoms with E-state index in [1.165, 1.54) is 12.4 Å². The number of aliphatic hydroxyl groups is 1. The fourth-order valence-electron chi connectivity index (χ4n) is 11.3. The van der Waals surface area contributed by atoms with Gasteiger partial charge in [-0.25, -0.2) is 0 Å². The zero-order valence-corrected chi connectivity index (χ0v) is 28.2. The van der Waals surface area contributed by atoms with E-state index in [4.69, 9.17) is 0 Å². The minimum atomic E-state index is -1.58. The van der Waals surface area contributed by atoms with Gasteiger partial charge in [0.25, 0.3) is 5.91 Å². The molecule has 0 bridgehead atoms. The van der Waals surface area contributed by atoms with E-state index in [-0.39, 0.29) is 45.7 Å². The number of nitriles is 1. The summed E-state index contributed by atoms with van der Waals surface area (Å²) in [6, 6.07) is 3.83. The molecule has 8 atom stereocenters. The van der Waals surface area contributed by atoms with Gasteiger partial charge in [0.2, 0.25) is 0 Å². The lowest BCUT2D eigenvalue weighted by Gasteiger charge is -2.71. The van der Waals surface area contributed by atoms with E-state index in [0.717, 1.165) is 44.1 Å². The summed E-state index contributed by atoms with van der Waals surface area (Å²) >= 11 is 0. The molecule has 0 saturated heterocycles. The van der Waals surface area contributed by atoms with Crippen LogP contribution < -0.4 is 0 Å². The van der Waals surface area contributed by atoms with E-state index < -0.39 is 27.3 Å². The summed E-state index contributed by atoms with van der Waals surface area (Å²) in [7, 11) is 1.81. The molecule has 1 N–H and O–H groups in total. The highest BCUT2D eigenvalue weighted by Crippen LogP contribution is 2.75. The van der Waals surface area contributed by atoms with E-state index >= 15 is 0 Å². The second-order valence-corrected chi connectivity index (χ2v) is 17.0. The van der Waals surface area contributed by atoms with Gasteiger partial charge in [-0.1, -0.05) is 54.5 Å². The summed E-state index contributed by atoms with van der Waals surface area (Å²) in [4.78, 5) is 43.0. The van der Waals surface area contributed by atoms with Crippen LogP contribution in [0.25, 0.3) is 0 Å². The van der Waals surface area contributed by atoms with Crippen molar-refractivity contribution in [3.63, 3.8) is 0 Å². The number of allylic oxidation sites excluding steroid dienone is 3. The van der Waals surface area contributed by atoms with E-state index in [2.05, 4.69) is 50.9 Å². The number of rotatable bonds is 3. The Morgan fingerprint density at radius 1 is 1.02 bits per heavy atom. The number of carbonyl (C=O) groups is 3. The predicted octanol–water partition coefficient (Wildman–Crippen LogP) is 5.88. The van der Waals surface area contributed by atoms with Crippen LogP contribution in [0.15, 0.2) is 41.8 Å². The Balaban J connectivity index is 1.41. The van der Waals surface area contributed by atoms with Crippen LogP contribution in [0, 0.1) is 55.7 Å². The Labute approximate surface area is 267 Å². The lowest BCUT2D eigenvalue weighted by molar-refractivity contribution is -0.243. The highest BCUT2D eigenvalue weighted by molar-refractivity contribution is 6.05. The quantitative estimate of drug-likeness (QED) is 0.452. The first-order valence-electron chi connectivity index (χ1n) is 16.5. The molecule has 6 rings (SSSR count). The summed E-state index contributed by atoms with van der Waals surface area (Å²) in [5.74, 6) is -0.819. The maximum Gasteiger partial charge on any atom is 0.255 e. The zero-order chi connectivity index (χ0) is 33.0. The lowest BCUT2D eigenvalue weighted by atomic mass is 9.33. The summed E-state index contributed by atoms with van der Waals surface area (Å²) in [6.07, 6.45) is 12.1. The lowest BCUT2D eigenvalue weighted by Crippen LogP contribution is -2.74. The molecule has 0 spiro atoms. The minimum Gasteiger partial charge on any atom is -0.381 e. The number of Topliss-reactive ketones (excluding diaryl/α,β-unsaturated/α-hetero) is 1. The Morgan fingerprint density at radius 3 is 2.36 bits per heavy atom. The average Bonchev–Trinajstić information content (AvgIpc) is 2.99. The molecule has 240 valence electrons. The molecule has 1 heterocycles. The molecule has 1 aromatic rings. The number of fused-ring (bicyclic) bond motifs is 7. The van der Waals surface area contributed by atoms with Crippen molar-refractivity contribution in [3.05, 3.63) is 47.3 Å². The Bertz CT molecular complexity index is 1590. The standard InChI is InChI=1S/C37H48N4O4/c1-31(2)25-9-11-35(6)26(34(25,5)18-24(20-38)29(31)43)17-28(42)37(45)27-19-32(3,12-13-33(27,4)14-15-36(35,37)7)22-41(8)30(44)23-10-16-39-40-21-23/h10,16-18,21,25,27,45H,9,11-15,19,22H2,1-8H3/t25-,27+,32-,33+,34-,35+,36-,37+/m0/s1. The molecular formula is C37H48N4O4. The molecule has 1 aromatic heterocycles.